The van der Waals surface area contributed by atoms with Crippen LogP contribution < -0.4 is 9.64 Å². The Hall–Kier alpha value is -5.11. The first-order valence-corrected chi connectivity index (χ1v) is 9.23. The maximum atomic E-state index is 12.9. The average Bonchev–Trinajstić information content (AvgIpc) is 2.81. The number of carbonyl (C=O) groups is 1. The third-order valence-electron chi connectivity index (χ3n) is 4.47. The topological polar surface area (TPSA) is 170 Å². The summed E-state index contributed by atoms with van der Waals surface area (Å²) in [6.07, 6.45) is 2.75. The van der Waals surface area contributed by atoms with Crippen LogP contribution in [-0.4, -0.2) is 38.2 Å². The third-order valence-corrected chi connectivity index (χ3v) is 4.47. The number of aliphatic hydroxyl groups is 1. The predicted molar refractivity (Wildman–Crippen MR) is 116 cm³/mol. The lowest BCUT2D eigenvalue weighted by atomic mass is 10.1. The van der Waals surface area contributed by atoms with E-state index in [4.69, 9.17) is 4.74 Å². The van der Waals surface area contributed by atoms with Crippen LogP contribution in [0.2, 0.25) is 0 Å². The molecule has 0 bridgehead atoms. The summed E-state index contributed by atoms with van der Waals surface area (Å²) in [4.78, 5) is 28.0. The van der Waals surface area contributed by atoms with Crippen LogP contribution in [0.3, 0.4) is 0 Å². The first-order chi connectivity index (χ1) is 15.7. The van der Waals surface area contributed by atoms with Gasteiger partial charge in [-0.25, -0.2) is 0 Å². The number of anilines is 1. The van der Waals surface area contributed by atoms with E-state index in [-0.39, 0.29) is 5.69 Å². The van der Waals surface area contributed by atoms with Crippen LogP contribution in [0, 0.1) is 21.4 Å². The fourth-order valence-electron chi connectivity index (χ4n) is 2.78. The number of phenols is 2. The van der Waals surface area contributed by atoms with E-state index in [1.807, 2.05) is 6.07 Å². The van der Waals surface area contributed by atoms with Crippen molar-refractivity contribution < 1.29 is 29.8 Å². The Morgan fingerprint density at radius 3 is 2.48 bits per heavy atom. The number of nitriles is 1. The van der Waals surface area contributed by atoms with Crippen LogP contribution >= 0.6 is 0 Å². The molecule has 0 saturated carbocycles. The number of likely N-dealkylation sites (N-methyl/N-ethyl adjacent to an activating group) is 1. The van der Waals surface area contributed by atoms with Crippen LogP contribution in [0.15, 0.2) is 66.5 Å². The molecule has 2 aromatic carbocycles. The fraction of sp³-hybridized carbons (Fsp3) is 0.0455. The lowest BCUT2D eigenvalue weighted by Gasteiger charge is -2.18. The molecule has 166 valence electrons. The van der Waals surface area contributed by atoms with E-state index >= 15 is 0 Å². The summed E-state index contributed by atoms with van der Waals surface area (Å²) in [5, 5.41) is 50.3. The molecule has 3 rings (SSSR count). The number of hydrogen-bond donors (Lipinski definition) is 3. The monoisotopic (exact) mass is 448 g/mol. The number of para-hydroxylation sites is 1. The molecule has 33 heavy (non-hydrogen) atoms. The number of phenolic OH excluding ortho intramolecular Hbond substituents is 2. The van der Waals surface area contributed by atoms with Gasteiger partial charge in [0.1, 0.15) is 23.3 Å². The van der Waals surface area contributed by atoms with E-state index in [9.17, 15) is 35.5 Å². The molecular weight excluding hydrogens is 432 g/mol. The number of aromatic nitrogens is 1. The van der Waals surface area contributed by atoms with Crippen LogP contribution in [-0.2, 0) is 4.79 Å². The van der Waals surface area contributed by atoms with E-state index in [2.05, 4.69) is 4.98 Å². The van der Waals surface area contributed by atoms with E-state index in [0.29, 0.717) is 11.5 Å². The number of aliphatic hydroxyl groups excluding tert-OH is 1. The van der Waals surface area contributed by atoms with Crippen molar-refractivity contribution in [3.8, 4) is 29.1 Å². The molecule has 1 aromatic heterocycles. The molecular formula is C22H16N4O7. The Bertz CT molecular complexity index is 1300. The van der Waals surface area contributed by atoms with Crippen molar-refractivity contribution in [1.82, 2.24) is 4.98 Å². The Kier molecular flexibility index (Phi) is 6.40. The smallest absolute Gasteiger partial charge is 0.315 e. The van der Waals surface area contributed by atoms with Gasteiger partial charge in [0.2, 0.25) is 5.75 Å². The maximum Gasteiger partial charge on any atom is 0.315 e. The number of benzene rings is 2. The third kappa shape index (κ3) is 4.80. The van der Waals surface area contributed by atoms with Crippen molar-refractivity contribution in [2.75, 3.05) is 11.9 Å². The second kappa shape index (κ2) is 9.36. The number of aromatic hydroxyl groups is 2. The van der Waals surface area contributed by atoms with Gasteiger partial charge in [0.15, 0.2) is 11.3 Å². The van der Waals surface area contributed by atoms with Crippen LogP contribution in [0.25, 0.3) is 5.76 Å². The second-order valence-electron chi connectivity index (χ2n) is 6.61. The zero-order valence-electron chi connectivity index (χ0n) is 17.0. The van der Waals surface area contributed by atoms with Crippen molar-refractivity contribution in [2.24, 2.45) is 0 Å². The van der Waals surface area contributed by atoms with E-state index in [0.717, 1.165) is 17.0 Å². The minimum atomic E-state index is -1.01. The number of rotatable bonds is 6. The largest absolute Gasteiger partial charge is 0.506 e. The quantitative estimate of drug-likeness (QED) is 0.127. The molecule has 0 aliphatic rings. The molecule has 0 spiro atoms. The molecule has 1 heterocycles. The van der Waals surface area contributed by atoms with Gasteiger partial charge >= 0.3 is 5.69 Å². The first kappa shape index (κ1) is 22.6. The molecule has 0 fully saturated rings. The van der Waals surface area contributed by atoms with Crippen molar-refractivity contribution in [3.63, 3.8) is 0 Å². The molecule has 0 radical (unpaired) electrons. The molecule has 11 heteroatoms. The zero-order valence-corrected chi connectivity index (χ0v) is 17.0. The second-order valence-corrected chi connectivity index (χ2v) is 6.61. The van der Waals surface area contributed by atoms with Crippen LogP contribution in [0.4, 0.5) is 11.4 Å². The Morgan fingerprint density at radius 1 is 1.15 bits per heavy atom. The Balaban J connectivity index is 1.95. The number of nitro groups is 1. The minimum absolute atomic E-state index is 0.230. The number of ether oxygens (including phenoxy) is 1. The van der Waals surface area contributed by atoms with Crippen molar-refractivity contribution >= 4 is 23.0 Å². The van der Waals surface area contributed by atoms with Gasteiger partial charge in [-0.2, -0.15) is 5.26 Å². The first-order valence-electron chi connectivity index (χ1n) is 9.23. The summed E-state index contributed by atoms with van der Waals surface area (Å²) >= 11 is 0. The molecule has 3 aromatic rings. The number of hydrogen-bond acceptors (Lipinski definition) is 9. The highest BCUT2D eigenvalue weighted by Gasteiger charge is 2.26. The number of nitro benzene ring substituents is 1. The highest BCUT2D eigenvalue weighted by Crippen LogP contribution is 2.38. The molecule has 0 atom stereocenters. The number of nitrogens with zero attached hydrogens (tertiary/aromatic N) is 4. The summed E-state index contributed by atoms with van der Waals surface area (Å²) in [5.74, 6) is -2.95. The molecule has 0 aliphatic carbocycles. The summed E-state index contributed by atoms with van der Waals surface area (Å²) in [5.41, 5.74) is -1.85. The van der Waals surface area contributed by atoms with E-state index in [1.54, 1.807) is 30.3 Å². The number of carbonyl (C=O) groups excluding carboxylic acids is 1. The minimum Gasteiger partial charge on any atom is -0.506 e. The fourth-order valence-corrected chi connectivity index (χ4v) is 2.78. The summed E-state index contributed by atoms with van der Waals surface area (Å²) in [6, 6.07) is 13.4. The summed E-state index contributed by atoms with van der Waals surface area (Å²) < 4.78 is 5.67. The van der Waals surface area contributed by atoms with Crippen molar-refractivity contribution in [1.29, 1.82) is 5.26 Å². The van der Waals surface area contributed by atoms with Gasteiger partial charge in [0.05, 0.1) is 23.0 Å². The normalized spacial score (nSPS) is 11.2. The van der Waals surface area contributed by atoms with Crippen LogP contribution in [0.5, 0.6) is 23.0 Å². The molecule has 0 unspecified atom stereocenters. The molecule has 0 aliphatic heterocycles. The van der Waals surface area contributed by atoms with E-state index < -0.39 is 44.9 Å². The average molecular weight is 448 g/mol. The number of amides is 1. The van der Waals surface area contributed by atoms with Gasteiger partial charge in [-0.3, -0.25) is 19.9 Å². The molecule has 0 saturated heterocycles. The maximum absolute atomic E-state index is 12.9. The SMILES string of the molecule is CN(C(=O)/C(C#N)=C(\O)c1cc(O)c(O)c([N+](=O)[O-])c1)c1cncc(Oc2ccccc2)c1. The van der Waals surface area contributed by atoms with Gasteiger partial charge in [-0.05, 0) is 18.2 Å². The molecule has 1 amide bonds. The van der Waals surface area contributed by atoms with Gasteiger partial charge in [0, 0.05) is 24.7 Å². The molecule has 11 nitrogen and oxygen atoms in total. The lowest BCUT2D eigenvalue weighted by molar-refractivity contribution is -0.386. The lowest BCUT2D eigenvalue weighted by Crippen LogP contribution is -2.28. The molecule has 3 N–H and O–H groups in total. The van der Waals surface area contributed by atoms with Gasteiger partial charge in [0.25, 0.3) is 5.91 Å². The predicted octanol–water partition coefficient (Wildman–Crippen LogP) is 3.65. The van der Waals surface area contributed by atoms with Gasteiger partial charge < -0.3 is 25.0 Å². The number of pyridine rings is 1. The highest BCUT2D eigenvalue weighted by molar-refractivity contribution is 6.12. The summed E-state index contributed by atoms with van der Waals surface area (Å²) in [6.45, 7) is 0. The standard InChI is InChI=1S/C22H16N4O7/c1-25(14-9-16(12-24-11-14)33-15-5-3-2-4-6-15)22(30)17(10-23)20(28)13-7-18(26(31)32)21(29)19(27)8-13/h2-9,11-12,27-29H,1H3/b20-17-. The zero-order chi connectivity index (χ0) is 24.1. The van der Waals surface area contributed by atoms with Gasteiger partial charge in [-0.15, -0.1) is 0 Å². The van der Waals surface area contributed by atoms with E-state index in [1.165, 1.54) is 25.5 Å². The van der Waals surface area contributed by atoms with Crippen molar-refractivity contribution in [3.05, 3.63) is 82.2 Å². The van der Waals surface area contributed by atoms with Gasteiger partial charge in [-0.1, -0.05) is 18.2 Å². The van der Waals surface area contributed by atoms with Crippen LogP contribution in [0.1, 0.15) is 5.56 Å². The Labute approximate surface area is 186 Å². The summed E-state index contributed by atoms with van der Waals surface area (Å²) in [7, 11) is 1.33. The highest BCUT2D eigenvalue weighted by atomic mass is 16.6. The Morgan fingerprint density at radius 2 is 1.85 bits per heavy atom. The van der Waals surface area contributed by atoms with Crippen molar-refractivity contribution in [2.45, 2.75) is 0 Å².